The van der Waals surface area contributed by atoms with Crippen molar-refractivity contribution in [3.05, 3.63) is 71.3 Å². The van der Waals surface area contributed by atoms with Crippen LogP contribution in [0.3, 0.4) is 0 Å². The van der Waals surface area contributed by atoms with Crippen molar-refractivity contribution in [3.63, 3.8) is 0 Å². The first-order valence-electron chi connectivity index (χ1n) is 10.9. The normalized spacial score (nSPS) is 16.4. The Hall–Kier alpha value is -3.48. The highest BCUT2D eigenvalue weighted by atomic mass is 16.2. The van der Waals surface area contributed by atoms with Crippen LogP contribution in [-0.4, -0.2) is 71.1 Å². The highest BCUT2D eigenvalue weighted by molar-refractivity contribution is 6.21. The molecule has 0 unspecified atom stereocenters. The molecule has 166 valence electrons. The number of nitrogens with zero attached hydrogens (tertiary/aromatic N) is 3. The van der Waals surface area contributed by atoms with Gasteiger partial charge in [0.15, 0.2) is 0 Å². The number of benzene rings is 2. The molecule has 1 fully saturated rings. The molecule has 0 atom stereocenters. The maximum Gasteiger partial charge on any atom is 0.261 e. The summed E-state index contributed by atoms with van der Waals surface area (Å²) >= 11 is 0. The van der Waals surface area contributed by atoms with E-state index in [2.05, 4.69) is 0 Å². The predicted octanol–water partition coefficient (Wildman–Crippen LogP) is 2.32. The second-order valence-electron chi connectivity index (χ2n) is 8.72. The van der Waals surface area contributed by atoms with Gasteiger partial charge in [-0.05, 0) is 31.5 Å². The Balaban J connectivity index is 1.30. The van der Waals surface area contributed by atoms with E-state index in [1.54, 1.807) is 34.1 Å². The van der Waals surface area contributed by atoms with Crippen molar-refractivity contribution in [1.29, 1.82) is 0 Å². The van der Waals surface area contributed by atoms with Crippen LogP contribution in [-0.2, 0) is 15.0 Å². The molecule has 2 aromatic carbocycles. The molecule has 7 nitrogen and oxygen atoms in total. The van der Waals surface area contributed by atoms with Gasteiger partial charge in [0.1, 0.15) is 0 Å². The Labute approximate surface area is 187 Å². The molecule has 2 aliphatic heterocycles. The summed E-state index contributed by atoms with van der Waals surface area (Å²) in [5.41, 5.74) is 1.10. The summed E-state index contributed by atoms with van der Waals surface area (Å²) in [6.45, 7) is 5.72. The van der Waals surface area contributed by atoms with Crippen LogP contribution in [0.1, 0.15) is 46.5 Å². The van der Waals surface area contributed by atoms with Gasteiger partial charge in [0.25, 0.3) is 11.8 Å². The van der Waals surface area contributed by atoms with Crippen LogP contribution in [0.25, 0.3) is 0 Å². The second kappa shape index (κ2) is 8.57. The van der Waals surface area contributed by atoms with E-state index in [4.69, 9.17) is 0 Å². The first kappa shape index (κ1) is 21.7. The second-order valence-corrected chi connectivity index (χ2v) is 8.72. The van der Waals surface area contributed by atoms with Gasteiger partial charge in [0.2, 0.25) is 11.8 Å². The van der Waals surface area contributed by atoms with Gasteiger partial charge in [-0.25, -0.2) is 0 Å². The number of rotatable bonds is 5. The summed E-state index contributed by atoms with van der Waals surface area (Å²) in [5.74, 6) is -0.772. The number of fused-ring (bicyclic) bond motifs is 1. The van der Waals surface area contributed by atoms with Crippen LogP contribution >= 0.6 is 0 Å². The van der Waals surface area contributed by atoms with E-state index in [1.807, 2.05) is 44.2 Å². The Bertz CT molecular complexity index is 1020. The molecule has 0 spiro atoms. The van der Waals surface area contributed by atoms with Gasteiger partial charge in [-0.15, -0.1) is 0 Å². The number of piperazine rings is 1. The van der Waals surface area contributed by atoms with Crippen molar-refractivity contribution in [2.75, 3.05) is 32.7 Å². The summed E-state index contributed by atoms with van der Waals surface area (Å²) in [7, 11) is 0. The smallest absolute Gasteiger partial charge is 0.261 e. The maximum absolute atomic E-state index is 13.1. The highest BCUT2D eigenvalue weighted by Crippen LogP contribution is 2.26. The SMILES string of the molecule is CC(C)(C(=O)N1CCN(C(=O)CCN2C(=O)c3ccccc3C2=O)CC1)c1ccccc1. The van der Waals surface area contributed by atoms with E-state index in [1.165, 1.54) is 0 Å². The molecule has 0 N–H and O–H groups in total. The number of amides is 4. The lowest BCUT2D eigenvalue weighted by Gasteiger charge is -2.39. The minimum absolute atomic E-state index is 0.0434. The third-order valence-electron chi connectivity index (χ3n) is 6.38. The lowest BCUT2D eigenvalue weighted by molar-refractivity contribution is -0.142. The molecule has 0 radical (unpaired) electrons. The molecule has 4 rings (SSSR count). The number of carbonyl (C=O) groups excluding carboxylic acids is 4. The number of imide groups is 1. The zero-order chi connectivity index (χ0) is 22.9. The number of carbonyl (C=O) groups is 4. The van der Waals surface area contributed by atoms with Crippen molar-refractivity contribution in [3.8, 4) is 0 Å². The van der Waals surface area contributed by atoms with Gasteiger partial charge in [-0.3, -0.25) is 24.1 Å². The van der Waals surface area contributed by atoms with Crippen molar-refractivity contribution < 1.29 is 19.2 Å². The summed E-state index contributed by atoms with van der Waals surface area (Å²) < 4.78 is 0. The minimum atomic E-state index is -0.640. The molecule has 2 heterocycles. The average molecular weight is 434 g/mol. The molecule has 4 amide bonds. The molecular weight excluding hydrogens is 406 g/mol. The van der Waals surface area contributed by atoms with Crippen LogP contribution < -0.4 is 0 Å². The van der Waals surface area contributed by atoms with Crippen molar-refractivity contribution in [2.24, 2.45) is 0 Å². The van der Waals surface area contributed by atoms with E-state index >= 15 is 0 Å². The van der Waals surface area contributed by atoms with E-state index in [0.29, 0.717) is 37.3 Å². The molecule has 7 heteroatoms. The maximum atomic E-state index is 13.1. The molecule has 1 saturated heterocycles. The van der Waals surface area contributed by atoms with Gasteiger partial charge in [0, 0.05) is 39.1 Å². The summed E-state index contributed by atoms with van der Waals surface area (Å²) in [6.07, 6.45) is 0.0783. The molecule has 0 saturated carbocycles. The monoisotopic (exact) mass is 433 g/mol. The topological polar surface area (TPSA) is 78.0 Å². The van der Waals surface area contributed by atoms with Gasteiger partial charge < -0.3 is 9.80 Å². The predicted molar refractivity (Wildman–Crippen MR) is 119 cm³/mol. The van der Waals surface area contributed by atoms with Gasteiger partial charge >= 0.3 is 0 Å². The summed E-state index contributed by atoms with van der Waals surface area (Å²) in [6, 6.07) is 16.4. The largest absolute Gasteiger partial charge is 0.339 e. The lowest BCUT2D eigenvalue weighted by Crippen LogP contribution is -2.54. The third-order valence-corrected chi connectivity index (χ3v) is 6.38. The lowest BCUT2D eigenvalue weighted by atomic mass is 9.83. The van der Waals surface area contributed by atoms with E-state index < -0.39 is 5.41 Å². The fourth-order valence-corrected chi connectivity index (χ4v) is 4.34. The molecule has 2 aromatic rings. The van der Waals surface area contributed by atoms with Crippen molar-refractivity contribution in [1.82, 2.24) is 14.7 Å². The standard InChI is InChI=1S/C25H27N3O4/c1-25(2,18-8-4-3-5-9-18)24(32)27-16-14-26(15-17-27)21(29)12-13-28-22(30)19-10-6-7-11-20(19)23(28)31/h3-11H,12-17H2,1-2H3. The van der Waals surface area contributed by atoms with Crippen LogP contribution in [0.5, 0.6) is 0 Å². The summed E-state index contributed by atoms with van der Waals surface area (Å²) in [5, 5.41) is 0. The van der Waals surface area contributed by atoms with E-state index in [9.17, 15) is 19.2 Å². The van der Waals surface area contributed by atoms with Gasteiger partial charge in [-0.1, -0.05) is 42.5 Å². The first-order valence-corrected chi connectivity index (χ1v) is 10.9. The van der Waals surface area contributed by atoms with Crippen LogP contribution in [0.2, 0.25) is 0 Å². The van der Waals surface area contributed by atoms with Crippen molar-refractivity contribution >= 4 is 23.6 Å². The highest BCUT2D eigenvalue weighted by Gasteiger charge is 2.37. The van der Waals surface area contributed by atoms with E-state index in [0.717, 1.165) is 10.5 Å². The minimum Gasteiger partial charge on any atom is -0.339 e. The van der Waals surface area contributed by atoms with Gasteiger partial charge in [-0.2, -0.15) is 0 Å². The van der Waals surface area contributed by atoms with E-state index in [-0.39, 0.29) is 36.6 Å². The zero-order valence-electron chi connectivity index (χ0n) is 18.4. The van der Waals surface area contributed by atoms with Gasteiger partial charge in [0.05, 0.1) is 16.5 Å². The van der Waals surface area contributed by atoms with Crippen LogP contribution in [0, 0.1) is 0 Å². The molecular formula is C25H27N3O4. The number of hydrogen-bond donors (Lipinski definition) is 0. The van der Waals surface area contributed by atoms with Crippen molar-refractivity contribution in [2.45, 2.75) is 25.7 Å². The molecule has 32 heavy (non-hydrogen) atoms. The molecule has 0 aliphatic carbocycles. The summed E-state index contributed by atoms with van der Waals surface area (Å²) in [4.78, 5) is 55.4. The Morgan fingerprint density at radius 3 is 1.84 bits per heavy atom. The zero-order valence-corrected chi connectivity index (χ0v) is 18.4. The van der Waals surface area contributed by atoms with Crippen LogP contribution in [0.4, 0.5) is 0 Å². The average Bonchev–Trinajstić information content (AvgIpc) is 3.07. The first-order chi connectivity index (χ1) is 15.3. The Kier molecular flexibility index (Phi) is 5.82. The number of hydrogen-bond acceptors (Lipinski definition) is 4. The van der Waals surface area contributed by atoms with Crippen LogP contribution in [0.15, 0.2) is 54.6 Å². The molecule has 0 bridgehead atoms. The fourth-order valence-electron chi connectivity index (χ4n) is 4.34. The Morgan fingerprint density at radius 2 is 1.28 bits per heavy atom. The quantitative estimate of drug-likeness (QED) is 0.678. The molecule has 2 aliphatic rings. The third kappa shape index (κ3) is 3.90. The molecule has 0 aromatic heterocycles. The fraction of sp³-hybridized carbons (Fsp3) is 0.360. The Morgan fingerprint density at radius 1 is 0.781 bits per heavy atom.